The molecule has 0 heterocycles. The molecule has 0 aliphatic heterocycles. The molecule has 0 radical (unpaired) electrons. The van der Waals surface area contributed by atoms with Gasteiger partial charge in [0.2, 0.25) is 5.91 Å². The maximum Gasteiger partial charge on any atom is 0.238 e. The van der Waals surface area contributed by atoms with E-state index in [0.717, 1.165) is 5.56 Å². The maximum atomic E-state index is 13.3. The molecule has 0 saturated carbocycles. The van der Waals surface area contributed by atoms with E-state index < -0.39 is 5.82 Å². The molecule has 0 unspecified atom stereocenters. The average Bonchev–Trinajstić information content (AvgIpc) is 2.43. The number of halogens is 1. The Hall–Kier alpha value is -2.20. The van der Waals surface area contributed by atoms with Crippen molar-refractivity contribution in [3.05, 3.63) is 66.0 Å². The fourth-order valence-corrected chi connectivity index (χ4v) is 1.67. The number of anilines is 1. The summed E-state index contributed by atoms with van der Waals surface area (Å²) < 4.78 is 13.3. The predicted octanol–water partition coefficient (Wildman–Crippen LogP) is 2.55. The van der Waals surface area contributed by atoms with Gasteiger partial charge in [0.15, 0.2) is 0 Å². The van der Waals surface area contributed by atoms with Gasteiger partial charge in [0.1, 0.15) is 5.82 Å². The molecule has 0 spiro atoms. The Morgan fingerprint density at radius 2 is 1.68 bits per heavy atom. The summed E-state index contributed by atoms with van der Waals surface area (Å²) in [6.07, 6.45) is 0. The Balaban J connectivity index is 1.78. The molecule has 2 rings (SSSR count). The van der Waals surface area contributed by atoms with E-state index in [1.807, 2.05) is 30.3 Å². The summed E-state index contributed by atoms with van der Waals surface area (Å²) in [5.74, 6) is -0.694. The summed E-state index contributed by atoms with van der Waals surface area (Å²) in [7, 11) is 0. The van der Waals surface area contributed by atoms with Crippen LogP contribution in [0.5, 0.6) is 0 Å². The van der Waals surface area contributed by atoms with Crippen LogP contribution in [-0.2, 0) is 11.3 Å². The van der Waals surface area contributed by atoms with Crippen molar-refractivity contribution in [1.82, 2.24) is 5.32 Å². The fourth-order valence-electron chi connectivity index (χ4n) is 1.67. The molecule has 0 fully saturated rings. The van der Waals surface area contributed by atoms with Crippen LogP contribution < -0.4 is 10.6 Å². The minimum Gasteiger partial charge on any atom is -0.322 e. The first-order chi connectivity index (χ1) is 9.25. The summed E-state index contributed by atoms with van der Waals surface area (Å²) in [4.78, 5) is 11.6. The molecule has 0 bridgehead atoms. The number of benzene rings is 2. The van der Waals surface area contributed by atoms with E-state index >= 15 is 0 Å². The number of para-hydroxylation sites is 1. The van der Waals surface area contributed by atoms with E-state index in [9.17, 15) is 9.18 Å². The molecule has 3 nitrogen and oxygen atoms in total. The Labute approximate surface area is 111 Å². The van der Waals surface area contributed by atoms with E-state index in [2.05, 4.69) is 10.6 Å². The molecule has 0 saturated heterocycles. The van der Waals surface area contributed by atoms with Gasteiger partial charge in [0, 0.05) is 6.54 Å². The van der Waals surface area contributed by atoms with Crippen LogP contribution in [0.3, 0.4) is 0 Å². The second-order valence-electron chi connectivity index (χ2n) is 4.12. The molecule has 1 amide bonds. The van der Waals surface area contributed by atoms with Crippen LogP contribution in [0.1, 0.15) is 5.56 Å². The van der Waals surface area contributed by atoms with Gasteiger partial charge < -0.3 is 10.6 Å². The zero-order chi connectivity index (χ0) is 13.5. The highest BCUT2D eigenvalue weighted by Gasteiger charge is 2.05. The molecule has 98 valence electrons. The Morgan fingerprint density at radius 1 is 1.00 bits per heavy atom. The van der Waals surface area contributed by atoms with Crippen LogP contribution in [0.2, 0.25) is 0 Å². The van der Waals surface area contributed by atoms with E-state index in [0.29, 0.717) is 6.54 Å². The molecule has 19 heavy (non-hydrogen) atoms. The highest BCUT2D eigenvalue weighted by Crippen LogP contribution is 2.11. The van der Waals surface area contributed by atoms with Crippen molar-refractivity contribution in [2.75, 3.05) is 11.9 Å². The van der Waals surface area contributed by atoms with E-state index in [1.165, 1.54) is 12.1 Å². The Morgan fingerprint density at radius 3 is 2.42 bits per heavy atom. The molecule has 0 atom stereocenters. The lowest BCUT2D eigenvalue weighted by Gasteiger charge is -2.07. The standard InChI is InChI=1S/C15H15FN2O/c16-13-8-4-5-9-14(13)18-15(19)11-17-10-12-6-2-1-3-7-12/h1-9,17H,10-11H2,(H,18,19). The van der Waals surface area contributed by atoms with Gasteiger partial charge in [0.05, 0.1) is 12.2 Å². The molecule has 0 aliphatic rings. The van der Waals surface area contributed by atoms with Gasteiger partial charge in [-0.15, -0.1) is 0 Å². The topological polar surface area (TPSA) is 41.1 Å². The number of nitrogens with one attached hydrogen (secondary N) is 2. The third-order valence-electron chi connectivity index (χ3n) is 2.61. The van der Waals surface area contributed by atoms with Gasteiger partial charge in [-0.05, 0) is 17.7 Å². The first-order valence-electron chi connectivity index (χ1n) is 6.05. The highest BCUT2D eigenvalue weighted by atomic mass is 19.1. The number of hydrogen-bond acceptors (Lipinski definition) is 2. The zero-order valence-electron chi connectivity index (χ0n) is 10.4. The van der Waals surface area contributed by atoms with Gasteiger partial charge in [0.25, 0.3) is 0 Å². The number of rotatable bonds is 5. The number of carbonyl (C=O) groups excluding carboxylic acids is 1. The minimum atomic E-state index is -0.432. The number of hydrogen-bond donors (Lipinski definition) is 2. The van der Waals surface area contributed by atoms with Gasteiger partial charge in [-0.1, -0.05) is 42.5 Å². The van der Waals surface area contributed by atoms with Gasteiger partial charge in [-0.3, -0.25) is 4.79 Å². The average molecular weight is 258 g/mol. The third-order valence-corrected chi connectivity index (χ3v) is 2.61. The lowest BCUT2D eigenvalue weighted by Crippen LogP contribution is -2.28. The zero-order valence-corrected chi connectivity index (χ0v) is 10.4. The molecule has 0 aliphatic carbocycles. The first-order valence-corrected chi connectivity index (χ1v) is 6.05. The molecular weight excluding hydrogens is 243 g/mol. The van der Waals surface area contributed by atoms with E-state index in [4.69, 9.17) is 0 Å². The third kappa shape index (κ3) is 4.19. The van der Waals surface area contributed by atoms with Crippen molar-refractivity contribution >= 4 is 11.6 Å². The molecule has 2 aromatic carbocycles. The van der Waals surface area contributed by atoms with Gasteiger partial charge >= 0.3 is 0 Å². The number of carbonyl (C=O) groups is 1. The molecule has 4 heteroatoms. The largest absolute Gasteiger partial charge is 0.322 e. The lowest BCUT2D eigenvalue weighted by atomic mass is 10.2. The maximum absolute atomic E-state index is 13.3. The number of amides is 1. The van der Waals surface area contributed by atoms with Gasteiger partial charge in [-0.2, -0.15) is 0 Å². The van der Waals surface area contributed by atoms with Crippen LogP contribution in [0.25, 0.3) is 0 Å². The van der Waals surface area contributed by atoms with Crippen molar-refractivity contribution in [1.29, 1.82) is 0 Å². The first kappa shape index (κ1) is 13.2. The molecule has 2 aromatic rings. The van der Waals surface area contributed by atoms with Crippen LogP contribution in [0.4, 0.5) is 10.1 Å². The second kappa shape index (κ2) is 6.66. The summed E-state index contributed by atoms with van der Waals surface area (Å²) in [6, 6.07) is 15.9. The quantitative estimate of drug-likeness (QED) is 0.865. The van der Waals surface area contributed by atoms with Crippen molar-refractivity contribution in [2.45, 2.75) is 6.54 Å². The van der Waals surface area contributed by atoms with Crippen LogP contribution in [-0.4, -0.2) is 12.5 Å². The Kier molecular flexibility index (Phi) is 4.64. The summed E-state index contributed by atoms with van der Waals surface area (Å²) in [5.41, 5.74) is 1.30. The second-order valence-corrected chi connectivity index (χ2v) is 4.12. The monoisotopic (exact) mass is 258 g/mol. The van der Waals surface area contributed by atoms with Crippen LogP contribution in [0, 0.1) is 5.82 Å². The van der Waals surface area contributed by atoms with Crippen LogP contribution in [0.15, 0.2) is 54.6 Å². The predicted molar refractivity (Wildman–Crippen MR) is 73.2 cm³/mol. The van der Waals surface area contributed by atoms with Crippen molar-refractivity contribution in [3.8, 4) is 0 Å². The van der Waals surface area contributed by atoms with Crippen molar-refractivity contribution in [3.63, 3.8) is 0 Å². The normalized spacial score (nSPS) is 10.2. The SMILES string of the molecule is O=C(CNCc1ccccc1)Nc1ccccc1F. The highest BCUT2D eigenvalue weighted by molar-refractivity contribution is 5.92. The minimum absolute atomic E-state index is 0.142. The van der Waals surface area contributed by atoms with Crippen molar-refractivity contribution < 1.29 is 9.18 Å². The Bertz CT molecular complexity index is 543. The lowest BCUT2D eigenvalue weighted by molar-refractivity contribution is -0.115. The smallest absolute Gasteiger partial charge is 0.238 e. The van der Waals surface area contributed by atoms with Gasteiger partial charge in [-0.25, -0.2) is 4.39 Å². The molecule has 0 aromatic heterocycles. The van der Waals surface area contributed by atoms with Crippen molar-refractivity contribution in [2.24, 2.45) is 0 Å². The fraction of sp³-hybridized carbons (Fsp3) is 0.133. The van der Waals surface area contributed by atoms with Crippen LogP contribution >= 0.6 is 0 Å². The summed E-state index contributed by atoms with van der Waals surface area (Å²) in [5, 5.41) is 5.53. The van der Waals surface area contributed by atoms with E-state index in [-0.39, 0.29) is 18.1 Å². The summed E-state index contributed by atoms with van der Waals surface area (Å²) in [6.45, 7) is 0.745. The molecule has 2 N–H and O–H groups in total. The van der Waals surface area contributed by atoms with E-state index in [1.54, 1.807) is 12.1 Å². The molecular formula is C15H15FN2O. The summed E-state index contributed by atoms with van der Waals surface area (Å²) >= 11 is 0.